The van der Waals surface area contributed by atoms with E-state index in [4.69, 9.17) is 9.47 Å². The van der Waals surface area contributed by atoms with Crippen LogP contribution in [0.5, 0.6) is 0 Å². The molecule has 4 rings (SSSR count). The second kappa shape index (κ2) is 9.44. The second-order valence-electron chi connectivity index (χ2n) is 7.92. The second-order valence-corrected chi connectivity index (χ2v) is 7.92. The van der Waals surface area contributed by atoms with Crippen molar-refractivity contribution >= 4 is 41.0 Å². The molecule has 10 heteroatoms. The summed E-state index contributed by atoms with van der Waals surface area (Å²) in [6, 6.07) is 10.3. The van der Waals surface area contributed by atoms with Gasteiger partial charge in [0.15, 0.2) is 6.10 Å². The average Bonchev–Trinajstić information content (AvgIpc) is 3.08. The summed E-state index contributed by atoms with van der Waals surface area (Å²) in [6.45, 7) is 4.58. The van der Waals surface area contributed by atoms with Gasteiger partial charge in [-0.05, 0) is 49.4 Å². The lowest BCUT2D eigenvalue weighted by molar-refractivity contribution is -0.143. The van der Waals surface area contributed by atoms with E-state index in [1.54, 1.807) is 29.2 Å². The maximum atomic E-state index is 13.0. The molecule has 2 heterocycles. The van der Waals surface area contributed by atoms with Crippen LogP contribution in [0.3, 0.4) is 0 Å². The number of imide groups is 1. The Morgan fingerprint density at radius 3 is 2.26 bits per heavy atom. The molecule has 1 unspecified atom stereocenters. The molecule has 4 amide bonds. The molecule has 0 aliphatic carbocycles. The Hall–Kier alpha value is -4.05. The molecule has 10 nitrogen and oxygen atoms in total. The van der Waals surface area contributed by atoms with Gasteiger partial charge in [-0.2, -0.15) is 0 Å². The largest absolute Gasteiger partial charge is 0.449 e. The zero-order valence-electron chi connectivity index (χ0n) is 18.7. The predicted octanol–water partition coefficient (Wildman–Crippen LogP) is 1.85. The summed E-state index contributed by atoms with van der Waals surface area (Å²) in [5, 5.41) is 2.61. The van der Waals surface area contributed by atoms with Crippen molar-refractivity contribution in [1.29, 1.82) is 0 Å². The van der Waals surface area contributed by atoms with E-state index in [1.165, 1.54) is 32.0 Å². The summed E-state index contributed by atoms with van der Waals surface area (Å²) in [4.78, 5) is 64.7. The predicted molar refractivity (Wildman–Crippen MR) is 121 cm³/mol. The Kier molecular flexibility index (Phi) is 6.42. The summed E-state index contributed by atoms with van der Waals surface area (Å²) in [6.07, 6.45) is -1.00. The molecule has 2 aliphatic heterocycles. The highest BCUT2D eigenvalue weighted by atomic mass is 16.5. The number of hydrogen-bond acceptors (Lipinski definition) is 7. The maximum absolute atomic E-state index is 13.0. The highest BCUT2D eigenvalue weighted by Gasteiger charge is 2.37. The fraction of sp³-hybridized carbons (Fsp3) is 0.292. The van der Waals surface area contributed by atoms with Crippen LogP contribution in [-0.2, 0) is 19.1 Å². The quantitative estimate of drug-likeness (QED) is 0.528. The van der Waals surface area contributed by atoms with E-state index in [9.17, 15) is 24.0 Å². The fourth-order valence-corrected chi connectivity index (χ4v) is 3.82. The number of rotatable bonds is 5. The van der Waals surface area contributed by atoms with Gasteiger partial charge in [0, 0.05) is 25.7 Å². The van der Waals surface area contributed by atoms with E-state index in [0.29, 0.717) is 37.7 Å². The number of morpholine rings is 1. The third-order valence-electron chi connectivity index (χ3n) is 5.52. The van der Waals surface area contributed by atoms with Crippen molar-refractivity contribution in [2.24, 2.45) is 0 Å². The van der Waals surface area contributed by atoms with Crippen molar-refractivity contribution in [1.82, 2.24) is 4.90 Å². The number of nitrogens with one attached hydrogen (secondary N) is 1. The lowest BCUT2D eigenvalue weighted by Crippen LogP contribution is -2.46. The zero-order chi connectivity index (χ0) is 24.4. The van der Waals surface area contributed by atoms with Gasteiger partial charge in [0.2, 0.25) is 5.91 Å². The smallest absolute Gasteiger partial charge is 0.338 e. The number of fused-ring (bicyclic) bond motifs is 1. The van der Waals surface area contributed by atoms with Crippen LogP contribution in [0.4, 0.5) is 11.4 Å². The van der Waals surface area contributed by atoms with Gasteiger partial charge >= 0.3 is 5.97 Å². The highest BCUT2D eigenvalue weighted by molar-refractivity contribution is 6.34. The molecule has 2 aromatic carbocycles. The third-order valence-corrected chi connectivity index (χ3v) is 5.52. The molecule has 176 valence electrons. The standard InChI is InChI=1S/C24H23N3O7/c1-14(21(29)26-9-11-33-12-10-26)34-24(32)16-3-8-19-20(13-16)23(31)27(22(19)30)18-6-4-17(5-7-18)25-15(2)28/h3-8,13-14H,9-12H2,1-2H3,(H,25,28). The number of esters is 1. The number of nitrogens with zero attached hydrogens (tertiary/aromatic N) is 2. The Morgan fingerprint density at radius 1 is 0.971 bits per heavy atom. The molecule has 0 aromatic heterocycles. The normalized spacial score (nSPS) is 16.2. The molecule has 2 aliphatic rings. The Bertz CT molecular complexity index is 1170. The van der Waals surface area contributed by atoms with E-state index in [0.717, 1.165) is 4.90 Å². The fourth-order valence-electron chi connectivity index (χ4n) is 3.82. The molecule has 0 saturated carbocycles. The molecule has 0 spiro atoms. The summed E-state index contributed by atoms with van der Waals surface area (Å²) in [5.74, 6) is -2.44. The van der Waals surface area contributed by atoms with E-state index < -0.39 is 23.9 Å². The lowest BCUT2D eigenvalue weighted by atomic mass is 10.1. The summed E-state index contributed by atoms with van der Waals surface area (Å²) < 4.78 is 10.5. The number of carbonyl (C=O) groups is 5. The van der Waals surface area contributed by atoms with Crippen molar-refractivity contribution in [3.63, 3.8) is 0 Å². The Morgan fingerprint density at radius 2 is 1.62 bits per heavy atom. The Labute approximate surface area is 195 Å². The van der Waals surface area contributed by atoms with Crippen LogP contribution in [0.25, 0.3) is 0 Å². The molecule has 34 heavy (non-hydrogen) atoms. The minimum atomic E-state index is -1.00. The summed E-state index contributed by atoms with van der Waals surface area (Å²) in [7, 11) is 0. The molecular formula is C24H23N3O7. The molecule has 0 radical (unpaired) electrons. The first-order chi connectivity index (χ1) is 16.3. The first kappa shape index (κ1) is 23.1. The molecule has 1 atom stereocenters. The third kappa shape index (κ3) is 4.53. The van der Waals surface area contributed by atoms with Crippen molar-refractivity contribution in [3.8, 4) is 0 Å². The lowest BCUT2D eigenvalue weighted by Gasteiger charge is -2.28. The van der Waals surface area contributed by atoms with Crippen LogP contribution >= 0.6 is 0 Å². The molecule has 0 bridgehead atoms. The number of amides is 4. The molecule has 2 aromatic rings. The molecular weight excluding hydrogens is 442 g/mol. The summed E-state index contributed by atoms with van der Waals surface area (Å²) in [5.41, 5.74) is 1.14. The number of hydrogen-bond donors (Lipinski definition) is 1. The first-order valence-corrected chi connectivity index (χ1v) is 10.7. The molecule has 1 N–H and O–H groups in total. The minimum Gasteiger partial charge on any atom is -0.449 e. The van der Waals surface area contributed by atoms with E-state index in [2.05, 4.69) is 5.32 Å². The van der Waals surface area contributed by atoms with Crippen LogP contribution in [-0.4, -0.2) is 66.9 Å². The molecule has 1 saturated heterocycles. The highest BCUT2D eigenvalue weighted by Crippen LogP contribution is 2.30. The van der Waals surface area contributed by atoms with E-state index in [-0.39, 0.29) is 28.5 Å². The number of anilines is 2. The number of benzene rings is 2. The van der Waals surface area contributed by atoms with Gasteiger partial charge in [-0.3, -0.25) is 19.2 Å². The molecule has 1 fully saturated rings. The topological polar surface area (TPSA) is 122 Å². The average molecular weight is 465 g/mol. The first-order valence-electron chi connectivity index (χ1n) is 10.7. The summed E-state index contributed by atoms with van der Waals surface area (Å²) >= 11 is 0. The van der Waals surface area contributed by atoms with Crippen LogP contribution in [0.15, 0.2) is 42.5 Å². The van der Waals surface area contributed by atoms with Gasteiger partial charge in [0.25, 0.3) is 17.7 Å². The number of ether oxygens (including phenoxy) is 2. The Balaban J connectivity index is 1.48. The van der Waals surface area contributed by atoms with Gasteiger partial charge < -0.3 is 19.7 Å². The van der Waals surface area contributed by atoms with Crippen molar-refractivity contribution in [2.45, 2.75) is 20.0 Å². The number of carbonyl (C=O) groups excluding carboxylic acids is 5. The van der Waals surface area contributed by atoms with Crippen molar-refractivity contribution in [2.75, 3.05) is 36.5 Å². The van der Waals surface area contributed by atoms with Crippen LogP contribution in [0.1, 0.15) is 44.9 Å². The van der Waals surface area contributed by atoms with Gasteiger partial charge in [-0.15, -0.1) is 0 Å². The van der Waals surface area contributed by atoms with Crippen molar-refractivity contribution < 1.29 is 33.4 Å². The van der Waals surface area contributed by atoms with Gasteiger partial charge in [0.1, 0.15) is 0 Å². The minimum absolute atomic E-state index is 0.0596. The SMILES string of the molecule is CC(=O)Nc1ccc(N2C(=O)c3ccc(C(=O)OC(C)C(=O)N4CCOCC4)cc3C2=O)cc1. The van der Waals surface area contributed by atoms with Crippen molar-refractivity contribution in [3.05, 3.63) is 59.2 Å². The van der Waals surface area contributed by atoms with Crippen LogP contribution < -0.4 is 10.2 Å². The van der Waals surface area contributed by atoms with Gasteiger partial charge in [-0.1, -0.05) is 0 Å². The maximum Gasteiger partial charge on any atom is 0.338 e. The van der Waals surface area contributed by atoms with E-state index >= 15 is 0 Å². The van der Waals surface area contributed by atoms with Crippen LogP contribution in [0.2, 0.25) is 0 Å². The van der Waals surface area contributed by atoms with Crippen LogP contribution in [0, 0.1) is 0 Å². The van der Waals surface area contributed by atoms with Gasteiger partial charge in [-0.25, -0.2) is 9.69 Å². The monoisotopic (exact) mass is 465 g/mol. The zero-order valence-corrected chi connectivity index (χ0v) is 18.7. The van der Waals surface area contributed by atoms with Gasteiger partial charge in [0.05, 0.1) is 35.6 Å². The van der Waals surface area contributed by atoms with E-state index in [1.807, 2.05) is 0 Å².